The van der Waals surface area contributed by atoms with Crippen LogP contribution in [0.3, 0.4) is 0 Å². The van der Waals surface area contributed by atoms with E-state index >= 15 is 0 Å². The number of aromatic nitrogens is 5. The molecular weight excluding hydrogens is 462 g/mol. The first kappa shape index (κ1) is 23.2. The number of esters is 1. The van der Waals surface area contributed by atoms with E-state index in [0.29, 0.717) is 11.5 Å². The van der Waals surface area contributed by atoms with E-state index in [9.17, 15) is 14.4 Å². The van der Waals surface area contributed by atoms with Crippen molar-refractivity contribution in [2.24, 2.45) is 7.05 Å². The summed E-state index contributed by atoms with van der Waals surface area (Å²) in [6.07, 6.45) is 0. The first-order valence-electron chi connectivity index (χ1n) is 11.5. The number of aryl methyl sites for hydroxylation is 2. The van der Waals surface area contributed by atoms with Crippen molar-refractivity contribution in [3.8, 4) is 17.2 Å². The number of benzene rings is 2. The molecule has 0 radical (unpaired) electrons. The standard InChI is InChI=1S/C26H25N5O5/c1-5-35-21(32)15-29-24(33)22-23(28(4)26(29)34)27-25-30(16(2)17(3)31(22)25)18-11-13-20(14-12-18)36-19-9-7-6-8-10-19/h6-14H,5,15H2,1-4H3. The van der Waals surface area contributed by atoms with Gasteiger partial charge in [-0.05, 0) is 57.2 Å². The summed E-state index contributed by atoms with van der Waals surface area (Å²) in [7, 11) is 1.53. The highest BCUT2D eigenvalue weighted by Crippen LogP contribution is 2.27. The highest BCUT2D eigenvalue weighted by Gasteiger charge is 2.24. The molecule has 0 aliphatic heterocycles. The second kappa shape index (κ2) is 8.88. The summed E-state index contributed by atoms with van der Waals surface area (Å²) in [6.45, 7) is 5.17. The molecule has 0 fully saturated rings. The van der Waals surface area contributed by atoms with Crippen molar-refractivity contribution in [2.75, 3.05) is 6.61 Å². The lowest BCUT2D eigenvalue weighted by atomic mass is 10.2. The fourth-order valence-corrected chi connectivity index (χ4v) is 4.32. The molecule has 0 aliphatic rings. The molecule has 10 nitrogen and oxygen atoms in total. The molecule has 5 aromatic rings. The Morgan fingerprint density at radius 3 is 2.28 bits per heavy atom. The Morgan fingerprint density at radius 1 is 0.944 bits per heavy atom. The molecule has 184 valence electrons. The Morgan fingerprint density at radius 2 is 1.61 bits per heavy atom. The number of hydrogen-bond donors (Lipinski definition) is 0. The van der Waals surface area contributed by atoms with Crippen molar-refractivity contribution in [2.45, 2.75) is 27.3 Å². The molecule has 0 N–H and O–H groups in total. The van der Waals surface area contributed by atoms with Crippen LogP contribution in [0.5, 0.6) is 11.5 Å². The molecule has 2 aromatic carbocycles. The number of para-hydroxylation sites is 1. The van der Waals surface area contributed by atoms with Crippen LogP contribution < -0.4 is 16.0 Å². The summed E-state index contributed by atoms with van der Waals surface area (Å²) in [5.74, 6) is 1.25. The zero-order valence-corrected chi connectivity index (χ0v) is 20.4. The van der Waals surface area contributed by atoms with E-state index in [0.717, 1.165) is 27.4 Å². The third kappa shape index (κ3) is 3.67. The molecule has 3 heterocycles. The zero-order chi connectivity index (χ0) is 25.6. The van der Waals surface area contributed by atoms with Gasteiger partial charge in [0.1, 0.15) is 18.0 Å². The molecule has 0 saturated carbocycles. The minimum atomic E-state index is -0.653. The van der Waals surface area contributed by atoms with Gasteiger partial charge in [-0.25, -0.2) is 9.36 Å². The van der Waals surface area contributed by atoms with Gasteiger partial charge in [-0.3, -0.25) is 23.1 Å². The van der Waals surface area contributed by atoms with Crippen molar-refractivity contribution in [3.05, 3.63) is 86.8 Å². The molecule has 0 saturated heterocycles. The molecule has 0 aliphatic carbocycles. The van der Waals surface area contributed by atoms with Crippen molar-refractivity contribution in [3.63, 3.8) is 0 Å². The number of carbonyl (C=O) groups excluding carboxylic acids is 1. The number of rotatable bonds is 6. The second-order valence-corrected chi connectivity index (χ2v) is 8.37. The van der Waals surface area contributed by atoms with Crippen LogP contribution in [0.4, 0.5) is 0 Å². The third-order valence-electron chi connectivity index (χ3n) is 6.19. The maximum atomic E-state index is 13.4. The van der Waals surface area contributed by atoms with Crippen molar-refractivity contribution >= 4 is 22.9 Å². The fraction of sp³-hybridized carbons (Fsp3) is 0.231. The Kier molecular flexibility index (Phi) is 5.71. The van der Waals surface area contributed by atoms with Crippen LogP contribution in [0, 0.1) is 13.8 Å². The lowest BCUT2D eigenvalue weighted by molar-refractivity contribution is -0.143. The molecule has 3 aromatic heterocycles. The minimum absolute atomic E-state index is 0.156. The van der Waals surface area contributed by atoms with Crippen LogP contribution in [0.1, 0.15) is 18.3 Å². The summed E-state index contributed by atoms with van der Waals surface area (Å²) >= 11 is 0. The first-order chi connectivity index (χ1) is 17.3. The van der Waals surface area contributed by atoms with Gasteiger partial charge in [-0.1, -0.05) is 18.2 Å². The normalized spacial score (nSPS) is 11.3. The third-order valence-corrected chi connectivity index (χ3v) is 6.19. The van der Waals surface area contributed by atoms with Crippen molar-refractivity contribution in [1.82, 2.24) is 23.1 Å². The summed E-state index contributed by atoms with van der Waals surface area (Å²) in [5, 5.41) is 0. The largest absolute Gasteiger partial charge is 0.465 e. The van der Waals surface area contributed by atoms with E-state index in [1.807, 2.05) is 73.0 Å². The average Bonchev–Trinajstić information content (AvgIpc) is 3.37. The SMILES string of the molecule is CCOC(=O)Cn1c(=O)c2c(nc3n(-c4ccc(Oc5ccccc5)cc4)c(C)c(C)n23)n(C)c1=O. The number of imidazole rings is 2. The smallest absolute Gasteiger partial charge is 0.333 e. The second-order valence-electron chi connectivity index (χ2n) is 8.37. The monoisotopic (exact) mass is 487 g/mol. The van der Waals surface area contributed by atoms with Gasteiger partial charge in [0.2, 0.25) is 5.78 Å². The van der Waals surface area contributed by atoms with Gasteiger partial charge < -0.3 is 9.47 Å². The fourth-order valence-electron chi connectivity index (χ4n) is 4.32. The number of nitrogens with zero attached hydrogens (tertiary/aromatic N) is 5. The Bertz CT molecular complexity index is 1720. The molecule has 5 rings (SSSR count). The summed E-state index contributed by atoms with van der Waals surface area (Å²) < 4.78 is 16.6. The predicted molar refractivity (Wildman–Crippen MR) is 134 cm³/mol. The lowest BCUT2D eigenvalue weighted by Gasteiger charge is -2.09. The quantitative estimate of drug-likeness (QED) is 0.341. The van der Waals surface area contributed by atoms with E-state index in [2.05, 4.69) is 4.98 Å². The maximum Gasteiger partial charge on any atom is 0.333 e. The van der Waals surface area contributed by atoms with E-state index in [4.69, 9.17) is 9.47 Å². The highest BCUT2D eigenvalue weighted by atomic mass is 16.5. The zero-order valence-electron chi connectivity index (χ0n) is 20.4. The molecule has 0 spiro atoms. The van der Waals surface area contributed by atoms with Crippen LogP contribution in [-0.4, -0.2) is 35.7 Å². The van der Waals surface area contributed by atoms with E-state index in [-0.39, 0.29) is 17.8 Å². The summed E-state index contributed by atoms with van der Waals surface area (Å²) in [5.41, 5.74) is 1.71. The van der Waals surface area contributed by atoms with Crippen LogP contribution in [0.25, 0.3) is 22.6 Å². The summed E-state index contributed by atoms with van der Waals surface area (Å²) in [4.78, 5) is 43.0. The van der Waals surface area contributed by atoms with Crippen molar-refractivity contribution < 1.29 is 14.3 Å². The van der Waals surface area contributed by atoms with Gasteiger partial charge in [0.15, 0.2) is 11.2 Å². The Labute approximate surface area is 205 Å². The maximum absolute atomic E-state index is 13.4. The van der Waals surface area contributed by atoms with Gasteiger partial charge in [-0.15, -0.1) is 0 Å². The van der Waals surface area contributed by atoms with Crippen LogP contribution >= 0.6 is 0 Å². The molecule has 0 bridgehead atoms. The molecular formula is C26H25N5O5. The average molecular weight is 488 g/mol. The van der Waals surface area contributed by atoms with Crippen LogP contribution in [-0.2, 0) is 23.1 Å². The number of fused-ring (bicyclic) bond motifs is 3. The van der Waals surface area contributed by atoms with Crippen LogP contribution in [0.15, 0.2) is 64.2 Å². The van der Waals surface area contributed by atoms with Gasteiger partial charge in [-0.2, -0.15) is 4.98 Å². The topological polar surface area (TPSA) is 102 Å². The van der Waals surface area contributed by atoms with Crippen LogP contribution in [0.2, 0.25) is 0 Å². The number of hydrogen-bond acceptors (Lipinski definition) is 6. The highest BCUT2D eigenvalue weighted by molar-refractivity contribution is 5.78. The number of ether oxygens (including phenoxy) is 2. The molecule has 0 amide bonds. The first-order valence-corrected chi connectivity index (χ1v) is 11.5. The van der Waals surface area contributed by atoms with Crippen molar-refractivity contribution in [1.29, 1.82) is 0 Å². The molecule has 0 atom stereocenters. The van der Waals surface area contributed by atoms with Gasteiger partial charge in [0.25, 0.3) is 5.56 Å². The Hall–Kier alpha value is -4.60. The molecule has 36 heavy (non-hydrogen) atoms. The Balaban J connectivity index is 1.65. The van der Waals surface area contributed by atoms with E-state index < -0.39 is 23.8 Å². The van der Waals surface area contributed by atoms with E-state index in [1.165, 1.54) is 11.6 Å². The molecule has 0 unspecified atom stereocenters. The predicted octanol–water partition coefficient (Wildman–Crippen LogP) is 3.11. The lowest BCUT2D eigenvalue weighted by Crippen LogP contribution is -2.41. The molecule has 10 heteroatoms. The minimum Gasteiger partial charge on any atom is -0.465 e. The van der Waals surface area contributed by atoms with Gasteiger partial charge >= 0.3 is 11.7 Å². The van der Waals surface area contributed by atoms with Gasteiger partial charge in [0.05, 0.1) is 6.61 Å². The number of carbonyl (C=O) groups is 1. The van der Waals surface area contributed by atoms with E-state index in [1.54, 1.807) is 11.3 Å². The van der Waals surface area contributed by atoms with Gasteiger partial charge in [0, 0.05) is 24.1 Å². The summed E-state index contributed by atoms with van der Waals surface area (Å²) in [6, 6.07) is 17.0.